The summed E-state index contributed by atoms with van der Waals surface area (Å²) < 4.78 is 38.7. The summed E-state index contributed by atoms with van der Waals surface area (Å²) in [6.07, 6.45) is -2.55. The van der Waals surface area contributed by atoms with Crippen LogP contribution in [-0.4, -0.2) is 44.2 Å². The number of hydrogen-bond acceptors (Lipinski definition) is 2. The van der Waals surface area contributed by atoms with Crippen molar-refractivity contribution in [3.63, 3.8) is 0 Å². The molecule has 2 atom stereocenters. The maximum atomic E-state index is 12.9. The highest BCUT2D eigenvalue weighted by atomic mass is 19.4. The van der Waals surface area contributed by atoms with Gasteiger partial charge in [-0.05, 0) is 19.9 Å². The van der Waals surface area contributed by atoms with Crippen molar-refractivity contribution in [2.24, 2.45) is 11.8 Å². The Morgan fingerprint density at radius 2 is 1.94 bits per heavy atom. The van der Waals surface area contributed by atoms with E-state index in [1.807, 2.05) is 0 Å². The van der Waals surface area contributed by atoms with E-state index in [-0.39, 0.29) is 12.3 Å². The minimum atomic E-state index is -4.26. The van der Waals surface area contributed by atoms with Crippen molar-refractivity contribution in [3.05, 3.63) is 0 Å². The summed E-state index contributed by atoms with van der Waals surface area (Å²) in [7, 11) is 3.32. The average molecular weight is 266 g/mol. The SMILES string of the molecule is CNCCN(C)C(=O)C1CCCCC1C(F)(F)F. The smallest absolute Gasteiger partial charge is 0.344 e. The Morgan fingerprint density at radius 3 is 2.50 bits per heavy atom. The largest absolute Gasteiger partial charge is 0.392 e. The molecule has 3 nitrogen and oxygen atoms in total. The highest BCUT2D eigenvalue weighted by molar-refractivity contribution is 5.79. The molecule has 0 aromatic carbocycles. The van der Waals surface area contributed by atoms with Gasteiger partial charge in [-0.25, -0.2) is 0 Å². The van der Waals surface area contributed by atoms with Crippen LogP contribution < -0.4 is 5.32 Å². The van der Waals surface area contributed by atoms with Crippen molar-refractivity contribution in [1.82, 2.24) is 10.2 Å². The van der Waals surface area contributed by atoms with E-state index in [4.69, 9.17) is 0 Å². The zero-order valence-corrected chi connectivity index (χ0v) is 10.9. The van der Waals surface area contributed by atoms with Crippen molar-refractivity contribution in [1.29, 1.82) is 0 Å². The molecule has 0 spiro atoms. The number of nitrogens with one attached hydrogen (secondary N) is 1. The Bertz CT molecular complexity index is 281. The van der Waals surface area contributed by atoms with E-state index in [2.05, 4.69) is 5.32 Å². The van der Waals surface area contributed by atoms with Gasteiger partial charge in [-0.2, -0.15) is 13.2 Å². The molecular weight excluding hydrogens is 245 g/mol. The summed E-state index contributed by atoms with van der Waals surface area (Å²) >= 11 is 0. The summed E-state index contributed by atoms with van der Waals surface area (Å²) in [4.78, 5) is 13.5. The fraction of sp³-hybridized carbons (Fsp3) is 0.917. The van der Waals surface area contributed by atoms with Gasteiger partial charge in [0.15, 0.2) is 0 Å². The quantitative estimate of drug-likeness (QED) is 0.844. The Labute approximate surface area is 106 Å². The Hall–Kier alpha value is -0.780. The van der Waals surface area contributed by atoms with Gasteiger partial charge in [0.1, 0.15) is 0 Å². The fourth-order valence-electron chi connectivity index (χ4n) is 2.49. The first-order valence-electron chi connectivity index (χ1n) is 6.34. The average Bonchev–Trinajstić information content (AvgIpc) is 2.34. The second kappa shape index (κ2) is 6.41. The first-order chi connectivity index (χ1) is 8.38. The molecule has 1 aliphatic carbocycles. The third kappa shape index (κ3) is 3.86. The van der Waals surface area contributed by atoms with Gasteiger partial charge in [-0.15, -0.1) is 0 Å². The standard InChI is InChI=1S/C12H21F3N2O/c1-16-7-8-17(2)11(18)9-5-3-4-6-10(9)12(13,14)15/h9-10,16H,3-8H2,1-2H3. The highest BCUT2D eigenvalue weighted by Gasteiger charge is 2.48. The van der Waals surface area contributed by atoms with Gasteiger partial charge < -0.3 is 10.2 Å². The molecule has 0 saturated heterocycles. The summed E-state index contributed by atoms with van der Waals surface area (Å²) in [5.41, 5.74) is 0. The molecule has 1 fully saturated rings. The van der Waals surface area contributed by atoms with Gasteiger partial charge in [0.2, 0.25) is 5.91 Å². The van der Waals surface area contributed by atoms with Crippen LogP contribution in [0.5, 0.6) is 0 Å². The van der Waals surface area contributed by atoms with E-state index in [1.54, 1.807) is 14.1 Å². The molecule has 1 saturated carbocycles. The molecule has 18 heavy (non-hydrogen) atoms. The van der Waals surface area contributed by atoms with Gasteiger partial charge in [0.05, 0.1) is 5.92 Å². The topological polar surface area (TPSA) is 32.3 Å². The van der Waals surface area contributed by atoms with Crippen molar-refractivity contribution in [3.8, 4) is 0 Å². The lowest BCUT2D eigenvalue weighted by atomic mass is 9.78. The number of carbonyl (C=O) groups excluding carboxylic acids is 1. The van der Waals surface area contributed by atoms with E-state index in [0.29, 0.717) is 32.4 Å². The van der Waals surface area contributed by atoms with Gasteiger partial charge in [0, 0.05) is 26.1 Å². The van der Waals surface area contributed by atoms with Crippen molar-refractivity contribution >= 4 is 5.91 Å². The minimum Gasteiger partial charge on any atom is -0.344 e. The van der Waals surface area contributed by atoms with E-state index < -0.39 is 18.0 Å². The Morgan fingerprint density at radius 1 is 1.33 bits per heavy atom. The predicted octanol–water partition coefficient (Wildman–Crippen LogP) is 2.03. The van der Waals surface area contributed by atoms with E-state index >= 15 is 0 Å². The molecule has 0 heterocycles. The number of likely N-dealkylation sites (N-methyl/N-ethyl adjacent to an activating group) is 2. The minimum absolute atomic E-state index is 0.0831. The molecule has 0 radical (unpaired) electrons. The van der Waals surface area contributed by atoms with Crippen LogP contribution in [0.4, 0.5) is 13.2 Å². The third-order valence-electron chi connectivity index (χ3n) is 3.58. The lowest BCUT2D eigenvalue weighted by Crippen LogP contribution is -2.44. The van der Waals surface area contributed by atoms with Crippen molar-refractivity contribution < 1.29 is 18.0 Å². The number of nitrogens with zero attached hydrogens (tertiary/aromatic N) is 1. The monoisotopic (exact) mass is 266 g/mol. The van der Waals surface area contributed by atoms with Crippen LogP contribution in [0.25, 0.3) is 0 Å². The zero-order chi connectivity index (χ0) is 13.8. The van der Waals surface area contributed by atoms with E-state index in [0.717, 1.165) is 0 Å². The second-order valence-electron chi connectivity index (χ2n) is 4.90. The number of amides is 1. The Kier molecular flexibility index (Phi) is 5.44. The summed E-state index contributed by atoms with van der Waals surface area (Å²) in [6.45, 7) is 1.03. The highest BCUT2D eigenvalue weighted by Crippen LogP contribution is 2.42. The van der Waals surface area contributed by atoms with Crippen LogP contribution in [-0.2, 0) is 4.79 Å². The number of hydrogen-bond donors (Lipinski definition) is 1. The molecule has 0 aliphatic heterocycles. The lowest BCUT2D eigenvalue weighted by molar-refractivity contribution is -0.200. The second-order valence-corrected chi connectivity index (χ2v) is 4.90. The maximum Gasteiger partial charge on any atom is 0.392 e. The van der Waals surface area contributed by atoms with Gasteiger partial charge in [-0.1, -0.05) is 12.8 Å². The van der Waals surface area contributed by atoms with E-state index in [9.17, 15) is 18.0 Å². The lowest BCUT2D eigenvalue weighted by Gasteiger charge is -2.34. The van der Waals surface area contributed by atoms with Crippen LogP contribution in [0, 0.1) is 11.8 Å². The van der Waals surface area contributed by atoms with Crippen LogP contribution in [0.2, 0.25) is 0 Å². The number of rotatable bonds is 4. The molecule has 0 aromatic heterocycles. The van der Waals surface area contributed by atoms with Crippen LogP contribution in [0.3, 0.4) is 0 Å². The Balaban J connectivity index is 2.68. The van der Waals surface area contributed by atoms with Crippen molar-refractivity contribution in [2.75, 3.05) is 27.2 Å². The van der Waals surface area contributed by atoms with Gasteiger partial charge >= 0.3 is 6.18 Å². The molecule has 1 amide bonds. The third-order valence-corrected chi connectivity index (χ3v) is 3.58. The molecule has 6 heteroatoms. The van der Waals surface area contributed by atoms with Crippen LogP contribution in [0.1, 0.15) is 25.7 Å². The number of halogens is 3. The summed E-state index contributed by atoms with van der Waals surface area (Å²) in [5, 5.41) is 2.88. The molecule has 0 aromatic rings. The number of carbonyl (C=O) groups is 1. The van der Waals surface area contributed by atoms with Gasteiger partial charge in [-0.3, -0.25) is 4.79 Å². The molecule has 1 N–H and O–H groups in total. The zero-order valence-electron chi connectivity index (χ0n) is 10.9. The maximum absolute atomic E-state index is 12.9. The molecule has 1 rings (SSSR count). The fourth-order valence-corrected chi connectivity index (χ4v) is 2.49. The van der Waals surface area contributed by atoms with Crippen LogP contribution in [0.15, 0.2) is 0 Å². The van der Waals surface area contributed by atoms with Crippen LogP contribution >= 0.6 is 0 Å². The van der Waals surface area contributed by atoms with Gasteiger partial charge in [0.25, 0.3) is 0 Å². The normalized spacial score (nSPS) is 24.9. The number of alkyl halides is 3. The summed E-state index contributed by atoms with van der Waals surface area (Å²) in [5.74, 6) is -2.72. The molecule has 2 unspecified atom stereocenters. The van der Waals surface area contributed by atoms with E-state index in [1.165, 1.54) is 4.90 Å². The van der Waals surface area contributed by atoms with Crippen molar-refractivity contribution in [2.45, 2.75) is 31.9 Å². The molecule has 0 bridgehead atoms. The molecule has 1 aliphatic rings. The first kappa shape index (κ1) is 15.3. The summed E-state index contributed by atoms with van der Waals surface area (Å²) in [6, 6.07) is 0. The molecule has 106 valence electrons. The molecular formula is C12H21F3N2O. The first-order valence-corrected chi connectivity index (χ1v) is 6.34. The predicted molar refractivity (Wildman–Crippen MR) is 63.1 cm³/mol.